The van der Waals surface area contributed by atoms with Crippen LogP contribution in [-0.2, 0) is 32.3 Å². The highest BCUT2D eigenvalue weighted by molar-refractivity contribution is 8.24. The molecule has 5 aromatic rings. The van der Waals surface area contributed by atoms with Crippen LogP contribution in [0.4, 0.5) is 15.8 Å². The molecule has 15 nitrogen and oxygen atoms in total. The summed E-state index contributed by atoms with van der Waals surface area (Å²) in [7, 11) is -3.85. The summed E-state index contributed by atoms with van der Waals surface area (Å²) in [6.45, 7) is 3.34. The molecule has 4 aromatic carbocycles. The van der Waals surface area contributed by atoms with Crippen molar-refractivity contribution in [2.24, 2.45) is 0 Å². The Morgan fingerprint density at radius 3 is 2.42 bits per heavy atom. The maximum atomic E-state index is 16.3. The van der Waals surface area contributed by atoms with Gasteiger partial charge in [-0.15, -0.1) is 0 Å². The largest absolute Gasteiger partial charge is 0.487 e. The second-order valence-corrected chi connectivity index (χ2v) is 16.2. The van der Waals surface area contributed by atoms with Gasteiger partial charge in [0.25, 0.3) is 5.91 Å². The number of ether oxygens (including phenoxy) is 1. The summed E-state index contributed by atoms with van der Waals surface area (Å²) >= 11 is 0. The molecule has 0 spiro atoms. The average molecular weight is 800 g/mol. The number of fused-ring (bicyclic) bond motifs is 2. The van der Waals surface area contributed by atoms with Crippen molar-refractivity contribution in [1.82, 2.24) is 24.1 Å². The molecule has 4 heterocycles. The number of anilines is 2. The molecule has 0 saturated carbocycles. The van der Waals surface area contributed by atoms with Crippen molar-refractivity contribution in [1.29, 1.82) is 0 Å². The Hall–Kier alpha value is -5.75. The van der Waals surface area contributed by atoms with Crippen LogP contribution in [0.25, 0.3) is 21.8 Å². The summed E-state index contributed by atoms with van der Waals surface area (Å²) in [5.74, 6) is -2.34. The molecule has 3 fully saturated rings. The van der Waals surface area contributed by atoms with E-state index in [1.807, 2.05) is 55.5 Å². The van der Waals surface area contributed by atoms with Crippen molar-refractivity contribution < 1.29 is 37.4 Å². The Kier molecular flexibility index (Phi) is 10.2. The first-order valence-electron chi connectivity index (χ1n) is 18.8. The van der Waals surface area contributed by atoms with E-state index >= 15 is 4.39 Å². The number of piperidine rings is 2. The van der Waals surface area contributed by atoms with E-state index in [-0.39, 0.29) is 66.2 Å². The van der Waals surface area contributed by atoms with Gasteiger partial charge in [-0.05, 0) is 109 Å². The quantitative estimate of drug-likeness (QED) is 0.120. The number of carbonyl (C=O) groups is 4. The summed E-state index contributed by atoms with van der Waals surface area (Å²) in [5, 5.41) is 5.79. The number of carbonyl (C=O) groups excluding carboxylic acids is 4. The normalized spacial score (nSPS) is 19.5. The molecular weight excluding hydrogens is 758 g/mol. The molecule has 3 saturated heterocycles. The zero-order valence-corrected chi connectivity index (χ0v) is 31.9. The van der Waals surface area contributed by atoms with Crippen molar-refractivity contribution in [3.05, 3.63) is 100 Å². The lowest BCUT2D eigenvalue weighted by Gasteiger charge is -2.37. The fraction of sp³-hybridized carbons (Fsp3) is 0.325. The van der Waals surface area contributed by atoms with Crippen LogP contribution in [0.5, 0.6) is 5.75 Å². The first-order chi connectivity index (χ1) is 27.4. The van der Waals surface area contributed by atoms with Gasteiger partial charge in [-0.2, -0.15) is 0 Å². The van der Waals surface area contributed by atoms with E-state index < -0.39 is 41.2 Å². The lowest BCUT2D eigenvalue weighted by atomic mass is 9.89. The van der Waals surface area contributed by atoms with Gasteiger partial charge in [-0.1, -0.05) is 36.4 Å². The van der Waals surface area contributed by atoms with Gasteiger partial charge in [0.15, 0.2) is 5.82 Å². The predicted octanol–water partition coefficient (Wildman–Crippen LogP) is 5.01. The first-order valence-corrected chi connectivity index (χ1v) is 20.3. The van der Waals surface area contributed by atoms with Gasteiger partial charge < -0.3 is 10.1 Å². The number of hydrogen-bond donors (Lipinski definition) is 5. The summed E-state index contributed by atoms with van der Waals surface area (Å²) in [6.07, 6.45) is 2.02. The number of nitrogens with one attached hydrogen (secondary N) is 3. The summed E-state index contributed by atoms with van der Waals surface area (Å²) in [6, 6.07) is 20.5. The number of rotatable bonds is 10. The SMILES string of the molecule is CCn1c(=O)n(C2CCC(=O)NC2=O)c2ccc(C3CCN(CC(=O)Nc4ccc5c(F)c(N6CC(=O)NS6(O)O)c(OCc6ccccc6)cc5c4)CC3)cc21. The number of aromatic nitrogens is 2. The third kappa shape index (κ3) is 7.46. The van der Waals surface area contributed by atoms with Crippen molar-refractivity contribution >= 4 is 67.8 Å². The Bertz CT molecular complexity index is 2480. The molecule has 0 bridgehead atoms. The summed E-state index contributed by atoms with van der Waals surface area (Å²) < 4.78 is 49.6. The Morgan fingerprint density at radius 2 is 1.72 bits per heavy atom. The maximum Gasteiger partial charge on any atom is 0.329 e. The number of imide groups is 1. The molecule has 5 N–H and O–H groups in total. The van der Waals surface area contributed by atoms with Crippen molar-refractivity contribution in [3.63, 3.8) is 0 Å². The topological polar surface area (TPSA) is 187 Å². The molecule has 1 atom stereocenters. The highest BCUT2D eigenvalue weighted by Gasteiger charge is 2.39. The van der Waals surface area contributed by atoms with Crippen LogP contribution in [0.15, 0.2) is 77.6 Å². The van der Waals surface area contributed by atoms with E-state index in [0.29, 0.717) is 36.2 Å². The van der Waals surface area contributed by atoms with Crippen LogP contribution < -0.4 is 30.1 Å². The van der Waals surface area contributed by atoms with Crippen LogP contribution in [0.2, 0.25) is 0 Å². The fourth-order valence-electron chi connectivity index (χ4n) is 8.06. The lowest BCUT2D eigenvalue weighted by molar-refractivity contribution is -0.135. The molecule has 0 aliphatic carbocycles. The smallest absolute Gasteiger partial charge is 0.329 e. The summed E-state index contributed by atoms with van der Waals surface area (Å²) in [5.41, 5.74) is 3.16. The molecule has 1 unspecified atom stereocenters. The number of aryl methyl sites for hydroxylation is 1. The van der Waals surface area contributed by atoms with E-state index in [0.717, 1.165) is 33.8 Å². The van der Waals surface area contributed by atoms with Crippen LogP contribution in [0.1, 0.15) is 55.7 Å². The van der Waals surface area contributed by atoms with Crippen LogP contribution in [0, 0.1) is 5.82 Å². The second-order valence-electron chi connectivity index (χ2n) is 14.5. The molecule has 298 valence electrons. The third-order valence-corrected chi connectivity index (χ3v) is 12.3. The minimum absolute atomic E-state index is 0.00399. The molecule has 17 heteroatoms. The van der Waals surface area contributed by atoms with Crippen molar-refractivity contribution in [2.75, 3.05) is 35.8 Å². The molecule has 3 aliphatic heterocycles. The average Bonchev–Trinajstić information content (AvgIpc) is 3.62. The van der Waals surface area contributed by atoms with Gasteiger partial charge >= 0.3 is 5.69 Å². The highest BCUT2D eigenvalue weighted by Crippen LogP contribution is 2.51. The minimum atomic E-state index is -3.85. The van der Waals surface area contributed by atoms with E-state index in [1.54, 1.807) is 22.8 Å². The predicted molar refractivity (Wildman–Crippen MR) is 213 cm³/mol. The molecule has 57 heavy (non-hydrogen) atoms. The number of imidazole rings is 1. The molecule has 4 amide bonds. The lowest BCUT2D eigenvalue weighted by Crippen LogP contribution is -2.44. The van der Waals surface area contributed by atoms with Crippen LogP contribution in [0.3, 0.4) is 0 Å². The molecule has 0 radical (unpaired) electrons. The number of hydrogen-bond acceptors (Lipinski definition) is 10. The van der Waals surface area contributed by atoms with Gasteiger partial charge in [0, 0.05) is 24.0 Å². The van der Waals surface area contributed by atoms with Gasteiger partial charge in [0.05, 0.1) is 17.6 Å². The number of nitrogens with zero attached hydrogens (tertiary/aromatic N) is 4. The Morgan fingerprint density at radius 1 is 0.947 bits per heavy atom. The number of benzene rings is 4. The summed E-state index contributed by atoms with van der Waals surface area (Å²) in [4.78, 5) is 65.3. The Balaban J connectivity index is 0.949. The van der Waals surface area contributed by atoms with Gasteiger partial charge in [0.2, 0.25) is 17.7 Å². The molecule has 1 aromatic heterocycles. The maximum absolute atomic E-state index is 16.3. The second kappa shape index (κ2) is 15.3. The number of likely N-dealkylation sites (tertiary alicyclic amines) is 1. The van der Waals surface area contributed by atoms with Crippen molar-refractivity contribution in [2.45, 2.75) is 57.7 Å². The fourth-order valence-corrected chi connectivity index (χ4v) is 9.27. The van der Waals surface area contributed by atoms with Gasteiger partial charge in [0.1, 0.15) is 30.6 Å². The van der Waals surface area contributed by atoms with Gasteiger partial charge in [-0.25, -0.2) is 18.2 Å². The van der Waals surface area contributed by atoms with E-state index in [2.05, 4.69) is 20.3 Å². The van der Waals surface area contributed by atoms with Crippen molar-refractivity contribution in [3.8, 4) is 5.75 Å². The van der Waals surface area contributed by atoms with E-state index in [1.165, 1.54) is 10.6 Å². The standard InChI is InChI=1S/C40H42FN7O8S/c1-2-46-32-19-26(8-11-30(32)48(40(46)53)31-12-13-34(49)43-39(31)52)25-14-16-45(17-15-25)21-35(50)42-28-9-10-29-27(18-28)20-33(56-23-24-6-4-3-5-7-24)38(37(29)41)47-22-36(51)44-57(47,54)55/h3-11,18-20,25,31,54-55H,2,12-17,21-23H2,1H3,(H,42,50)(H,44,51)(H,43,49,52). The third-order valence-electron chi connectivity index (χ3n) is 10.9. The Labute approximate surface area is 328 Å². The monoisotopic (exact) mass is 799 g/mol. The highest BCUT2D eigenvalue weighted by atomic mass is 32.3. The van der Waals surface area contributed by atoms with Crippen LogP contribution in [-0.4, -0.2) is 72.9 Å². The van der Waals surface area contributed by atoms with Crippen LogP contribution >= 0.6 is 11.0 Å². The number of halogens is 1. The molecular formula is C40H42FN7O8S. The zero-order valence-electron chi connectivity index (χ0n) is 31.1. The minimum Gasteiger partial charge on any atom is -0.487 e. The van der Waals surface area contributed by atoms with Gasteiger partial charge in [-0.3, -0.25) is 47.6 Å². The number of amides is 4. The van der Waals surface area contributed by atoms with E-state index in [9.17, 15) is 33.1 Å². The molecule has 8 rings (SSSR count). The van der Waals surface area contributed by atoms with E-state index in [4.69, 9.17) is 4.74 Å². The zero-order chi connectivity index (χ0) is 40.0. The first kappa shape index (κ1) is 38.1. The molecule has 3 aliphatic rings.